The molecule has 1 aliphatic heterocycles. The third-order valence-electron chi connectivity index (χ3n) is 2.97. The van der Waals surface area contributed by atoms with E-state index in [1.807, 2.05) is 30.4 Å². The highest BCUT2D eigenvalue weighted by Crippen LogP contribution is 2.25. The van der Waals surface area contributed by atoms with Crippen molar-refractivity contribution in [3.63, 3.8) is 0 Å². The molecular weight excluding hydrogens is 200 g/mol. The highest BCUT2D eigenvalue weighted by molar-refractivity contribution is 5.75. The van der Waals surface area contributed by atoms with E-state index in [0.717, 1.165) is 6.42 Å². The summed E-state index contributed by atoms with van der Waals surface area (Å²) in [6.45, 7) is 2.57. The number of hydrogen-bond acceptors (Lipinski definition) is 2. The number of ether oxygens (including phenoxy) is 1. The van der Waals surface area contributed by atoms with Gasteiger partial charge in [-0.1, -0.05) is 49.4 Å². The summed E-state index contributed by atoms with van der Waals surface area (Å²) in [6, 6.07) is 10.3. The number of carbonyl (C=O) groups is 1. The van der Waals surface area contributed by atoms with Crippen molar-refractivity contribution in [2.75, 3.05) is 6.61 Å². The molecule has 16 heavy (non-hydrogen) atoms. The summed E-state index contributed by atoms with van der Waals surface area (Å²) in [6.07, 6.45) is 4.70. The molecule has 2 rings (SSSR count). The van der Waals surface area contributed by atoms with Crippen LogP contribution in [0.1, 0.15) is 24.8 Å². The van der Waals surface area contributed by atoms with Gasteiger partial charge in [-0.3, -0.25) is 4.79 Å². The minimum atomic E-state index is -0.0923. The smallest absolute Gasteiger partial charge is 0.313 e. The van der Waals surface area contributed by atoms with Crippen molar-refractivity contribution in [3.8, 4) is 0 Å². The number of esters is 1. The average molecular weight is 216 g/mol. The monoisotopic (exact) mass is 216 g/mol. The number of benzene rings is 1. The summed E-state index contributed by atoms with van der Waals surface area (Å²) in [5, 5.41) is 0. The van der Waals surface area contributed by atoms with Gasteiger partial charge in [0.05, 0.1) is 5.92 Å². The topological polar surface area (TPSA) is 26.3 Å². The molecule has 84 valence electrons. The zero-order valence-electron chi connectivity index (χ0n) is 9.43. The maximum Gasteiger partial charge on any atom is 0.313 e. The second-order valence-electron chi connectivity index (χ2n) is 4.21. The number of carbonyl (C=O) groups excluding carboxylic acids is 1. The fraction of sp³-hybridized carbons (Fsp3) is 0.357. The zero-order chi connectivity index (χ0) is 11.4. The Morgan fingerprint density at radius 3 is 2.81 bits per heavy atom. The molecule has 0 fully saturated rings. The van der Waals surface area contributed by atoms with Crippen molar-refractivity contribution in [2.45, 2.75) is 19.3 Å². The molecule has 0 N–H and O–H groups in total. The highest BCUT2D eigenvalue weighted by atomic mass is 16.5. The van der Waals surface area contributed by atoms with Gasteiger partial charge in [-0.15, -0.1) is 0 Å². The largest absolute Gasteiger partial charge is 0.461 e. The van der Waals surface area contributed by atoms with Gasteiger partial charge in [-0.25, -0.2) is 0 Å². The third-order valence-corrected chi connectivity index (χ3v) is 2.97. The fourth-order valence-corrected chi connectivity index (χ4v) is 2.01. The molecule has 1 heterocycles. The Morgan fingerprint density at radius 2 is 2.12 bits per heavy atom. The quantitative estimate of drug-likeness (QED) is 0.573. The number of rotatable bonds is 3. The van der Waals surface area contributed by atoms with Gasteiger partial charge in [-0.2, -0.15) is 0 Å². The van der Waals surface area contributed by atoms with E-state index in [-0.39, 0.29) is 11.9 Å². The number of hydrogen-bond donors (Lipinski definition) is 0. The summed E-state index contributed by atoms with van der Waals surface area (Å²) < 4.78 is 5.00. The first-order chi connectivity index (χ1) is 7.77. The maximum atomic E-state index is 11.5. The molecule has 1 aromatic rings. The van der Waals surface area contributed by atoms with Crippen LogP contribution in [0.25, 0.3) is 0 Å². The highest BCUT2D eigenvalue weighted by Gasteiger charge is 2.22. The van der Waals surface area contributed by atoms with Gasteiger partial charge in [0.1, 0.15) is 6.61 Å². The van der Waals surface area contributed by atoms with Crippen LogP contribution in [-0.4, -0.2) is 12.6 Å². The van der Waals surface area contributed by atoms with Gasteiger partial charge in [-0.05, 0) is 17.9 Å². The predicted molar refractivity (Wildman–Crippen MR) is 63.1 cm³/mol. The normalized spacial score (nSPS) is 21.6. The van der Waals surface area contributed by atoms with Gasteiger partial charge in [0, 0.05) is 0 Å². The van der Waals surface area contributed by atoms with Crippen LogP contribution in [0.3, 0.4) is 0 Å². The molecule has 1 aliphatic rings. The minimum absolute atomic E-state index is 0.0797. The molecule has 1 aromatic carbocycles. The van der Waals surface area contributed by atoms with E-state index >= 15 is 0 Å². The molecule has 2 unspecified atom stereocenters. The Labute approximate surface area is 95.9 Å². The molecule has 0 aliphatic carbocycles. The van der Waals surface area contributed by atoms with Gasteiger partial charge in [0.2, 0.25) is 0 Å². The van der Waals surface area contributed by atoms with Crippen LogP contribution in [0.4, 0.5) is 0 Å². The molecule has 0 saturated carbocycles. The van der Waals surface area contributed by atoms with Gasteiger partial charge in [0.15, 0.2) is 0 Å². The van der Waals surface area contributed by atoms with Crippen LogP contribution in [-0.2, 0) is 9.53 Å². The van der Waals surface area contributed by atoms with E-state index in [9.17, 15) is 4.79 Å². The van der Waals surface area contributed by atoms with Crippen molar-refractivity contribution in [1.29, 1.82) is 0 Å². The van der Waals surface area contributed by atoms with Crippen molar-refractivity contribution < 1.29 is 9.53 Å². The average Bonchev–Trinajstić information content (AvgIpc) is 2.33. The lowest BCUT2D eigenvalue weighted by molar-refractivity contribution is -0.146. The van der Waals surface area contributed by atoms with Crippen LogP contribution in [0.5, 0.6) is 0 Å². The Morgan fingerprint density at radius 1 is 1.38 bits per heavy atom. The number of cyclic esters (lactones) is 1. The zero-order valence-corrected chi connectivity index (χ0v) is 9.43. The van der Waals surface area contributed by atoms with E-state index in [4.69, 9.17) is 4.74 Å². The summed E-state index contributed by atoms with van der Waals surface area (Å²) >= 11 is 0. The second-order valence-corrected chi connectivity index (χ2v) is 4.21. The standard InChI is InChI=1S/C14H16O2/c1-11(12-6-3-2-4-7-12)10-13-8-5-9-16-14(13)15/h2-8,11,13H,9-10H2,1H3. The van der Waals surface area contributed by atoms with Crippen LogP contribution >= 0.6 is 0 Å². The Balaban J connectivity index is 2.02. The van der Waals surface area contributed by atoms with Gasteiger partial charge in [0.25, 0.3) is 0 Å². The van der Waals surface area contributed by atoms with Crippen LogP contribution in [0.15, 0.2) is 42.5 Å². The van der Waals surface area contributed by atoms with Crippen molar-refractivity contribution in [1.82, 2.24) is 0 Å². The Hall–Kier alpha value is -1.57. The van der Waals surface area contributed by atoms with E-state index < -0.39 is 0 Å². The summed E-state index contributed by atoms with van der Waals surface area (Å²) in [5.74, 6) is 0.204. The molecule has 0 spiro atoms. The lowest BCUT2D eigenvalue weighted by atomic mass is 9.89. The van der Waals surface area contributed by atoms with E-state index in [1.165, 1.54) is 5.56 Å². The second kappa shape index (κ2) is 4.97. The van der Waals surface area contributed by atoms with Gasteiger partial charge < -0.3 is 4.74 Å². The first-order valence-corrected chi connectivity index (χ1v) is 5.65. The molecule has 2 nitrogen and oxygen atoms in total. The van der Waals surface area contributed by atoms with Crippen molar-refractivity contribution >= 4 is 5.97 Å². The first kappa shape index (κ1) is 10.9. The molecule has 0 radical (unpaired) electrons. The van der Waals surface area contributed by atoms with Crippen LogP contribution in [0.2, 0.25) is 0 Å². The van der Waals surface area contributed by atoms with Crippen LogP contribution in [0, 0.1) is 5.92 Å². The Bertz CT molecular complexity index is 381. The van der Waals surface area contributed by atoms with E-state index in [1.54, 1.807) is 0 Å². The Kier molecular flexibility index (Phi) is 3.40. The third kappa shape index (κ3) is 2.51. The lowest BCUT2D eigenvalue weighted by Crippen LogP contribution is -2.21. The lowest BCUT2D eigenvalue weighted by Gasteiger charge is -2.19. The summed E-state index contributed by atoms with van der Waals surface area (Å²) in [5.41, 5.74) is 1.27. The predicted octanol–water partition coefficient (Wildman–Crippen LogP) is 2.91. The van der Waals surface area contributed by atoms with E-state index in [2.05, 4.69) is 19.1 Å². The van der Waals surface area contributed by atoms with E-state index in [0.29, 0.717) is 12.5 Å². The molecular formula is C14H16O2. The van der Waals surface area contributed by atoms with Crippen LogP contribution < -0.4 is 0 Å². The van der Waals surface area contributed by atoms with Crippen molar-refractivity contribution in [3.05, 3.63) is 48.0 Å². The van der Waals surface area contributed by atoms with Gasteiger partial charge >= 0.3 is 5.97 Å². The summed E-state index contributed by atoms with van der Waals surface area (Å²) in [4.78, 5) is 11.5. The minimum Gasteiger partial charge on any atom is -0.461 e. The summed E-state index contributed by atoms with van der Waals surface area (Å²) in [7, 11) is 0. The molecule has 0 aromatic heterocycles. The van der Waals surface area contributed by atoms with Crippen molar-refractivity contribution in [2.24, 2.45) is 5.92 Å². The fourth-order valence-electron chi connectivity index (χ4n) is 2.01. The SMILES string of the molecule is CC(CC1C=CCOC1=O)c1ccccc1. The molecule has 0 saturated heterocycles. The first-order valence-electron chi connectivity index (χ1n) is 5.65. The molecule has 2 heteroatoms. The molecule has 0 bridgehead atoms. The molecule has 2 atom stereocenters. The maximum absolute atomic E-state index is 11.5. The molecule has 0 amide bonds.